The molecule has 3 rings (SSSR count). The van der Waals surface area contributed by atoms with Crippen molar-refractivity contribution >= 4 is 11.7 Å². The van der Waals surface area contributed by atoms with Gasteiger partial charge in [0.2, 0.25) is 0 Å². The van der Waals surface area contributed by atoms with Crippen LogP contribution in [0.5, 0.6) is 0 Å². The lowest BCUT2D eigenvalue weighted by Gasteiger charge is -2.38. The molecule has 2 aliphatic heterocycles. The summed E-state index contributed by atoms with van der Waals surface area (Å²) >= 11 is 0. The molecule has 0 aromatic heterocycles. The molecule has 0 unspecified atom stereocenters. The predicted molar refractivity (Wildman–Crippen MR) is 70.8 cm³/mol. The van der Waals surface area contributed by atoms with Gasteiger partial charge in [-0.25, -0.2) is 13.6 Å². The monoisotopic (exact) mass is 298 g/mol. The lowest BCUT2D eigenvalue weighted by molar-refractivity contribution is -0.182. The molecule has 7 heteroatoms. The number of carbonyl (C=O) groups excluding carboxylic acids is 1. The van der Waals surface area contributed by atoms with Crippen LogP contribution >= 0.6 is 0 Å². The molecule has 0 aliphatic carbocycles. The number of hydrogen-bond donors (Lipinski definition) is 1. The maximum Gasteiger partial charge on any atom is 0.322 e. The average Bonchev–Trinajstić information content (AvgIpc) is 2.90. The van der Waals surface area contributed by atoms with E-state index in [1.54, 1.807) is 0 Å². The highest BCUT2D eigenvalue weighted by Gasteiger charge is 2.42. The van der Waals surface area contributed by atoms with Crippen molar-refractivity contribution in [1.82, 2.24) is 4.90 Å². The van der Waals surface area contributed by atoms with Crippen LogP contribution in [-0.4, -0.2) is 43.0 Å². The van der Waals surface area contributed by atoms with E-state index < -0.39 is 23.5 Å². The van der Waals surface area contributed by atoms with E-state index in [1.807, 2.05) is 0 Å². The van der Waals surface area contributed by atoms with E-state index in [9.17, 15) is 13.6 Å². The number of piperidine rings is 1. The van der Waals surface area contributed by atoms with Crippen LogP contribution < -0.4 is 5.32 Å². The van der Waals surface area contributed by atoms with E-state index in [0.717, 1.165) is 25.0 Å². The lowest BCUT2D eigenvalue weighted by atomic mass is 10.1. The predicted octanol–water partition coefficient (Wildman–Crippen LogP) is 2.34. The first kappa shape index (κ1) is 14.2. The molecule has 21 heavy (non-hydrogen) atoms. The Morgan fingerprint density at radius 3 is 2.76 bits per heavy atom. The van der Waals surface area contributed by atoms with E-state index in [1.165, 1.54) is 11.0 Å². The molecule has 0 atom stereocenters. The summed E-state index contributed by atoms with van der Waals surface area (Å²) in [5.41, 5.74) is -0.0470. The van der Waals surface area contributed by atoms with Crippen molar-refractivity contribution in [2.45, 2.75) is 18.6 Å². The first-order valence-corrected chi connectivity index (χ1v) is 6.87. The summed E-state index contributed by atoms with van der Waals surface area (Å²) < 4.78 is 37.6. The summed E-state index contributed by atoms with van der Waals surface area (Å²) in [6.07, 6.45) is 1.49. The molecule has 0 bridgehead atoms. The summed E-state index contributed by atoms with van der Waals surface area (Å²) in [4.78, 5) is 13.7. The summed E-state index contributed by atoms with van der Waals surface area (Å²) in [5, 5.41) is 2.45. The second kappa shape index (κ2) is 5.57. The number of likely N-dealkylation sites (tertiary alicyclic amines) is 1. The third-order valence-electron chi connectivity index (χ3n) is 3.69. The first-order valence-electron chi connectivity index (χ1n) is 6.87. The fourth-order valence-electron chi connectivity index (χ4n) is 2.68. The fraction of sp³-hybridized carbons (Fsp3) is 0.500. The van der Waals surface area contributed by atoms with Crippen LogP contribution in [0.2, 0.25) is 0 Å². The van der Waals surface area contributed by atoms with Crippen LogP contribution in [-0.2, 0) is 9.47 Å². The standard InChI is InChI=1S/C14H16F2N2O3/c15-10-2-3-12(11(16)8-10)17-13(19)18-5-1-4-14(9-18)20-6-7-21-14/h2-3,8H,1,4-7,9H2,(H,17,19). The Kier molecular flexibility index (Phi) is 3.77. The summed E-state index contributed by atoms with van der Waals surface area (Å²) in [7, 11) is 0. The van der Waals surface area contributed by atoms with Crippen molar-refractivity contribution in [2.75, 3.05) is 31.6 Å². The van der Waals surface area contributed by atoms with Gasteiger partial charge >= 0.3 is 6.03 Å². The minimum Gasteiger partial charge on any atom is -0.346 e. The van der Waals surface area contributed by atoms with Gasteiger partial charge in [0, 0.05) is 19.0 Å². The number of amides is 2. The molecule has 5 nitrogen and oxygen atoms in total. The van der Waals surface area contributed by atoms with E-state index in [-0.39, 0.29) is 5.69 Å². The molecule has 1 N–H and O–H groups in total. The number of carbonyl (C=O) groups is 1. The molecule has 2 amide bonds. The number of urea groups is 1. The Morgan fingerprint density at radius 2 is 2.05 bits per heavy atom. The van der Waals surface area contributed by atoms with Crippen molar-refractivity contribution in [3.8, 4) is 0 Å². The molecule has 114 valence electrons. The minimum atomic E-state index is -0.802. The van der Waals surface area contributed by atoms with E-state index in [4.69, 9.17) is 9.47 Å². The van der Waals surface area contributed by atoms with Crippen LogP contribution in [0.15, 0.2) is 18.2 Å². The molecule has 2 fully saturated rings. The molecule has 0 saturated carbocycles. The van der Waals surface area contributed by atoms with Gasteiger partial charge in [0.05, 0.1) is 25.4 Å². The molecule has 1 spiro atoms. The largest absolute Gasteiger partial charge is 0.346 e. The van der Waals surface area contributed by atoms with Gasteiger partial charge in [-0.05, 0) is 18.6 Å². The molecular weight excluding hydrogens is 282 g/mol. The van der Waals surface area contributed by atoms with Crippen molar-refractivity contribution in [2.24, 2.45) is 0 Å². The number of ether oxygens (including phenoxy) is 2. The van der Waals surface area contributed by atoms with Gasteiger partial charge in [-0.15, -0.1) is 0 Å². The Hall–Kier alpha value is -1.73. The number of halogens is 2. The normalized spacial score (nSPS) is 20.8. The van der Waals surface area contributed by atoms with Gasteiger partial charge in [-0.2, -0.15) is 0 Å². The Balaban J connectivity index is 1.67. The van der Waals surface area contributed by atoms with Crippen LogP contribution in [0.4, 0.5) is 19.3 Å². The number of hydrogen-bond acceptors (Lipinski definition) is 3. The van der Waals surface area contributed by atoms with Crippen molar-refractivity contribution in [1.29, 1.82) is 0 Å². The second-order valence-electron chi connectivity index (χ2n) is 5.19. The topological polar surface area (TPSA) is 50.8 Å². The smallest absolute Gasteiger partial charge is 0.322 e. The Labute approximate surface area is 120 Å². The third kappa shape index (κ3) is 2.98. The SMILES string of the molecule is O=C(Nc1ccc(F)cc1F)N1CCCC2(C1)OCCO2. The summed E-state index contributed by atoms with van der Waals surface area (Å²) in [6.45, 7) is 1.88. The van der Waals surface area contributed by atoms with Crippen LogP contribution in [0.1, 0.15) is 12.8 Å². The lowest BCUT2D eigenvalue weighted by Crippen LogP contribution is -2.52. The molecule has 2 heterocycles. The van der Waals surface area contributed by atoms with E-state index >= 15 is 0 Å². The number of nitrogens with zero attached hydrogens (tertiary/aromatic N) is 1. The summed E-state index contributed by atoms with van der Waals surface area (Å²) in [5.74, 6) is -2.21. The zero-order chi connectivity index (χ0) is 14.9. The number of benzene rings is 1. The van der Waals surface area contributed by atoms with Gasteiger partial charge in [0.1, 0.15) is 11.6 Å². The fourth-order valence-corrected chi connectivity index (χ4v) is 2.68. The third-order valence-corrected chi connectivity index (χ3v) is 3.69. The van der Waals surface area contributed by atoms with E-state index in [0.29, 0.717) is 26.3 Å². The molecule has 1 aromatic carbocycles. The quantitative estimate of drug-likeness (QED) is 0.866. The highest BCUT2D eigenvalue weighted by molar-refractivity contribution is 5.89. The highest BCUT2D eigenvalue weighted by atomic mass is 19.1. The molecular formula is C14H16F2N2O3. The zero-order valence-electron chi connectivity index (χ0n) is 11.4. The minimum absolute atomic E-state index is 0.0470. The van der Waals surface area contributed by atoms with Crippen LogP contribution in [0.3, 0.4) is 0 Å². The Morgan fingerprint density at radius 1 is 1.29 bits per heavy atom. The van der Waals surface area contributed by atoms with Gasteiger partial charge in [-0.1, -0.05) is 0 Å². The zero-order valence-corrected chi connectivity index (χ0v) is 11.4. The summed E-state index contributed by atoms with van der Waals surface area (Å²) in [6, 6.07) is 2.58. The number of nitrogens with one attached hydrogen (secondary N) is 1. The van der Waals surface area contributed by atoms with Crippen molar-refractivity contribution < 1.29 is 23.0 Å². The van der Waals surface area contributed by atoms with Crippen molar-refractivity contribution in [3.63, 3.8) is 0 Å². The van der Waals surface area contributed by atoms with Gasteiger partial charge in [-0.3, -0.25) is 0 Å². The van der Waals surface area contributed by atoms with Crippen LogP contribution in [0.25, 0.3) is 0 Å². The molecule has 0 radical (unpaired) electrons. The maximum atomic E-state index is 13.5. The molecule has 1 aromatic rings. The highest BCUT2D eigenvalue weighted by Crippen LogP contribution is 2.30. The molecule has 2 aliphatic rings. The number of anilines is 1. The first-order chi connectivity index (χ1) is 10.1. The second-order valence-corrected chi connectivity index (χ2v) is 5.19. The maximum absolute atomic E-state index is 13.5. The van der Waals surface area contributed by atoms with Gasteiger partial charge < -0.3 is 19.7 Å². The Bertz CT molecular complexity index is 547. The van der Waals surface area contributed by atoms with E-state index in [2.05, 4.69) is 5.32 Å². The van der Waals surface area contributed by atoms with Crippen LogP contribution in [0, 0.1) is 11.6 Å². The van der Waals surface area contributed by atoms with Gasteiger partial charge in [0.15, 0.2) is 5.79 Å². The average molecular weight is 298 g/mol. The van der Waals surface area contributed by atoms with Gasteiger partial charge in [0.25, 0.3) is 0 Å². The molecule has 2 saturated heterocycles. The number of rotatable bonds is 1. The van der Waals surface area contributed by atoms with Crippen molar-refractivity contribution in [3.05, 3.63) is 29.8 Å².